The van der Waals surface area contributed by atoms with Gasteiger partial charge in [0, 0.05) is 30.7 Å². The van der Waals surface area contributed by atoms with E-state index in [1.165, 1.54) is 12.3 Å². The highest BCUT2D eigenvalue weighted by atomic mass is 19.1. The first kappa shape index (κ1) is 24.4. The van der Waals surface area contributed by atoms with Crippen LogP contribution in [0.4, 0.5) is 8.78 Å². The molecule has 0 amide bonds. The van der Waals surface area contributed by atoms with Gasteiger partial charge in [-0.05, 0) is 31.4 Å². The summed E-state index contributed by atoms with van der Waals surface area (Å²) in [5.41, 5.74) is 6.44. The van der Waals surface area contributed by atoms with E-state index in [4.69, 9.17) is 19.9 Å². The molecule has 36 heavy (non-hydrogen) atoms. The molecule has 190 valence electrons. The molecule has 2 fully saturated rings. The topological polar surface area (TPSA) is 115 Å². The number of imidazole rings is 1. The molecule has 0 radical (unpaired) electrons. The van der Waals surface area contributed by atoms with Crippen LogP contribution in [0, 0.1) is 11.6 Å². The second-order valence-electron chi connectivity index (χ2n) is 9.62. The molecule has 2 aliphatic rings. The van der Waals surface area contributed by atoms with E-state index in [-0.39, 0.29) is 47.5 Å². The Morgan fingerprint density at radius 3 is 2.81 bits per heavy atom. The molecule has 1 unspecified atom stereocenters. The number of benzene rings is 2. The van der Waals surface area contributed by atoms with Crippen LogP contribution in [0.3, 0.4) is 0 Å². The van der Waals surface area contributed by atoms with Crippen molar-refractivity contribution in [2.45, 2.75) is 44.2 Å². The Hall–Kier alpha value is -3.34. The maximum Gasteiger partial charge on any atom is 0.295 e. The highest BCUT2D eigenvalue weighted by Gasteiger charge is 2.43. The zero-order chi connectivity index (χ0) is 25.4. The van der Waals surface area contributed by atoms with Crippen LogP contribution in [0.2, 0.25) is 0 Å². The number of H-pyrrole nitrogens is 1. The van der Waals surface area contributed by atoms with Crippen molar-refractivity contribution < 1.29 is 28.1 Å². The number of aliphatic hydroxyl groups is 1. The predicted molar refractivity (Wildman–Crippen MR) is 132 cm³/mol. The molecule has 1 aromatic heterocycles. The summed E-state index contributed by atoms with van der Waals surface area (Å²) in [5.74, 6) is -1.52. The molecule has 0 saturated carbocycles. The third-order valence-electron chi connectivity index (χ3n) is 6.23. The first-order chi connectivity index (χ1) is 17.2. The van der Waals surface area contributed by atoms with Gasteiger partial charge in [-0.2, -0.15) is 4.98 Å². The van der Waals surface area contributed by atoms with Crippen molar-refractivity contribution in [2.24, 2.45) is 10.7 Å². The molecule has 5 rings (SSSR count). The van der Waals surface area contributed by atoms with Crippen molar-refractivity contribution in [3.8, 4) is 17.1 Å². The second kappa shape index (κ2) is 9.61. The van der Waals surface area contributed by atoms with Crippen LogP contribution in [0.1, 0.15) is 25.8 Å². The number of aromatic amines is 1. The van der Waals surface area contributed by atoms with Crippen LogP contribution < -0.4 is 10.5 Å². The zero-order valence-corrected chi connectivity index (χ0v) is 20.0. The van der Waals surface area contributed by atoms with E-state index in [1.54, 1.807) is 44.3 Å². The van der Waals surface area contributed by atoms with Gasteiger partial charge in [-0.25, -0.2) is 8.78 Å². The summed E-state index contributed by atoms with van der Waals surface area (Å²) in [6, 6.07) is 7.90. The highest BCUT2D eigenvalue weighted by molar-refractivity contribution is 6.09. The molecule has 3 atom stereocenters. The molecule has 0 spiro atoms. The number of rotatable bonds is 7. The van der Waals surface area contributed by atoms with E-state index in [0.717, 1.165) is 6.42 Å². The fourth-order valence-corrected chi connectivity index (χ4v) is 4.46. The number of hydrogen-bond acceptors (Lipinski definition) is 7. The number of allylic oxidation sites excluding steroid dienone is 1. The van der Waals surface area contributed by atoms with Gasteiger partial charge in [0.2, 0.25) is 0 Å². The summed E-state index contributed by atoms with van der Waals surface area (Å²) in [6.07, 6.45) is 3.18. The molecular weight excluding hydrogens is 470 g/mol. The van der Waals surface area contributed by atoms with Gasteiger partial charge in [-0.15, -0.1) is 0 Å². The number of hydrogen-bond donors (Lipinski definition) is 3. The van der Waals surface area contributed by atoms with Crippen molar-refractivity contribution in [2.75, 3.05) is 19.8 Å². The number of aliphatic imine (C=N–C) groups is 1. The average Bonchev–Trinajstić information content (AvgIpc) is 3.54. The smallest absolute Gasteiger partial charge is 0.295 e. The first-order valence-electron chi connectivity index (χ1n) is 11.8. The van der Waals surface area contributed by atoms with E-state index < -0.39 is 17.2 Å². The molecule has 2 saturated heterocycles. The minimum atomic E-state index is -0.942. The standard InChI is InChI=1S/C26H28F2N4O4/c1-26(2,33)13-30-11-16(10-29)14-3-5-15(6-4-14)21-17(27)9-18-23(22(21)28)32-25(31-18)36-20-12-35-19-7-8-34-24(19)20/h3-6,9-11,19-20,24,33H,7-8,12-13,29H2,1-2H3,(H,31,32)/t19-,20?,24+/m1/s1. The van der Waals surface area contributed by atoms with E-state index in [2.05, 4.69) is 15.0 Å². The lowest BCUT2D eigenvalue weighted by Gasteiger charge is -2.15. The van der Waals surface area contributed by atoms with Crippen molar-refractivity contribution in [1.82, 2.24) is 9.97 Å². The number of aromatic nitrogens is 2. The lowest BCUT2D eigenvalue weighted by molar-refractivity contribution is 0.0273. The molecule has 2 aliphatic heterocycles. The number of halogens is 2. The molecule has 0 bridgehead atoms. The lowest BCUT2D eigenvalue weighted by Crippen LogP contribution is -2.32. The van der Waals surface area contributed by atoms with E-state index in [0.29, 0.717) is 29.9 Å². The number of nitrogens with zero attached hydrogens (tertiary/aromatic N) is 2. The Bertz CT molecular complexity index is 1310. The minimum Gasteiger partial charge on any atom is -0.456 e. The highest BCUT2D eigenvalue weighted by Crippen LogP contribution is 2.34. The molecule has 2 aromatic carbocycles. The summed E-state index contributed by atoms with van der Waals surface area (Å²) in [4.78, 5) is 11.3. The van der Waals surface area contributed by atoms with Gasteiger partial charge in [0.05, 0.1) is 35.9 Å². The minimum absolute atomic E-state index is 0.00874. The molecule has 3 aromatic rings. The SMILES string of the molecule is CC(C)(O)CN=CC(=CN)c1ccc(-c2c(F)cc3[nH]c(OC4CO[C@@H]5CCO[C@H]45)nc3c2F)cc1. The average molecular weight is 499 g/mol. The fourth-order valence-electron chi connectivity index (χ4n) is 4.46. The fraction of sp³-hybridized carbons (Fsp3) is 0.385. The van der Waals surface area contributed by atoms with Crippen LogP contribution in [-0.2, 0) is 9.47 Å². The van der Waals surface area contributed by atoms with Crippen LogP contribution in [0.15, 0.2) is 41.5 Å². The van der Waals surface area contributed by atoms with Gasteiger partial charge in [-0.3, -0.25) is 4.99 Å². The number of nitrogens with two attached hydrogens (primary N) is 1. The number of ether oxygens (including phenoxy) is 3. The Morgan fingerprint density at radius 2 is 2.08 bits per heavy atom. The molecular formula is C26H28F2N4O4. The van der Waals surface area contributed by atoms with Crippen molar-refractivity contribution >= 4 is 22.8 Å². The lowest BCUT2D eigenvalue weighted by atomic mass is 9.99. The predicted octanol–water partition coefficient (Wildman–Crippen LogP) is 3.58. The number of fused-ring (bicyclic) bond motifs is 2. The van der Waals surface area contributed by atoms with E-state index in [1.807, 2.05) is 0 Å². The van der Waals surface area contributed by atoms with Crippen LogP contribution in [0.25, 0.3) is 27.7 Å². The second-order valence-corrected chi connectivity index (χ2v) is 9.62. The van der Waals surface area contributed by atoms with Crippen LogP contribution >= 0.6 is 0 Å². The van der Waals surface area contributed by atoms with Gasteiger partial charge in [-0.1, -0.05) is 24.3 Å². The Balaban J connectivity index is 1.38. The third-order valence-corrected chi connectivity index (χ3v) is 6.23. The summed E-state index contributed by atoms with van der Waals surface area (Å²) >= 11 is 0. The first-order valence-corrected chi connectivity index (χ1v) is 11.8. The molecule has 3 heterocycles. The normalized spacial score (nSPS) is 22.6. The summed E-state index contributed by atoms with van der Waals surface area (Å²) in [6.45, 7) is 4.47. The molecule has 10 heteroatoms. The number of nitrogens with one attached hydrogen (secondary N) is 1. The maximum atomic E-state index is 15.5. The van der Waals surface area contributed by atoms with Gasteiger partial charge < -0.3 is 30.0 Å². The largest absolute Gasteiger partial charge is 0.456 e. The van der Waals surface area contributed by atoms with Crippen LogP contribution in [0.5, 0.6) is 6.01 Å². The summed E-state index contributed by atoms with van der Waals surface area (Å²) < 4.78 is 47.7. The Kier molecular flexibility index (Phi) is 6.50. The quantitative estimate of drug-likeness (QED) is 0.429. The summed E-state index contributed by atoms with van der Waals surface area (Å²) in [5, 5.41) is 9.81. The van der Waals surface area contributed by atoms with Gasteiger partial charge in [0.25, 0.3) is 6.01 Å². The van der Waals surface area contributed by atoms with Gasteiger partial charge in [0.1, 0.15) is 17.4 Å². The molecule has 4 N–H and O–H groups in total. The van der Waals surface area contributed by atoms with Crippen molar-refractivity contribution in [1.29, 1.82) is 0 Å². The van der Waals surface area contributed by atoms with Gasteiger partial charge >= 0.3 is 0 Å². The monoisotopic (exact) mass is 498 g/mol. The van der Waals surface area contributed by atoms with Crippen molar-refractivity contribution in [3.63, 3.8) is 0 Å². The zero-order valence-electron chi connectivity index (χ0n) is 20.0. The summed E-state index contributed by atoms with van der Waals surface area (Å²) in [7, 11) is 0. The third kappa shape index (κ3) is 4.84. The van der Waals surface area contributed by atoms with E-state index >= 15 is 8.78 Å². The van der Waals surface area contributed by atoms with Gasteiger partial charge in [0.15, 0.2) is 11.9 Å². The Labute approximate surface area is 206 Å². The van der Waals surface area contributed by atoms with Crippen molar-refractivity contribution in [3.05, 3.63) is 53.7 Å². The maximum absolute atomic E-state index is 15.5. The van der Waals surface area contributed by atoms with E-state index in [9.17, 15) is 5.11 Å². The molecule has 0 aliphatic carbocycles. The Morgan fingerprint density at radius 1 is 1.31 bits per heavy atom. The van der Waals surface area contributed by atoms with Crippen LogP contribution in [-0.4, -0.2) is 65.0 Å². The molecule has 8 nitrogen and oxygen atoms in total.